The molecule has 0 bridgehead atoms. The lowest BCUT2D eigenvalue weighted by molar-refractivity contribution is -0.140. The highest BCUT2D eigenvalue weighted by Crippen LogP contribution is 2.36. The number of H-pyrrole nitrogens is 1. The van der Waals surface area contributed by atoms with Crippen LogP contribution in [-0.4, -0.2) is 22.0 Å². The number of aromatic amines is 1. The Hall–Kier alpha value is -2.87. The van der Waals surface area contributed by atoms with E-state index in [9.17, 15) is 18.0 Å². The Bertz CT molecular complexity index is 1020. The van der Waals surface area contributed by atoms with Gasteiger partial charge in [0.05, 0.1) is 10.7 Å². The third-order valence-corrected chi connectivity index (χ3v) is 3.93. The van der Waals surface area contributed by atoms with Crippen molar-refractivity contribution in [1.82, 2.24) is 15.0 Å². The maximum absolute atomic E-state index is 13.2. The van der Waals surface area contributed by atoms with Gasteiger partial charge in [-0.05, 0) is 29.8 Å². The summed E-state index contributed by atoms with van der Waals surface area (Å²) < 4.78 is 39.7. The fourth-order valence-electron chi connectivity index (χ4n) is 2.49. The van der Waals surface area contributed by atoms with Crippen LogP contribution in [0.2, 0.25) is 5.02 Å². The molecule has 0 spiro atoms. The largest absolute Gasteiger partial charge is 0.434 e. The average Bonchev–Trinajstić information content (AvgIpc) is 2.61. The van der Waals surface area contributed by atoms with Crippen molar-refractivity contribution in [2.45, 2.75) is 6.18 Å². The van der Waals surface area contributed by atoms with E-state index in [2.05, 4.69) is 20.3 Å². The molecule has 3 aromatic heterocycles. The number of rotatable bonds is 3. The summed E-state index contributed by atoms with van der Waals surface area (Å²) in [5, 5.41) is 3.11. The fraction of sp³-hybridized carbons (Fsp3) is 0.118. The molecule has 0 aliphatic rings. The second-order valence-electron chi connectivity index (χ2n) is 5.34. The maximum atomic E-state index is 13.2. The van der Waals surface area contributed by atoms with E-state index in [1.165, 1.54) is 30.5 Å². The minimum Gasteiger partial charge on any atom is -0.373 e. The molecule has 3 rings (SSSR count). The summed E-state index contributed by atoms with van der Waals surface area (Å²) in [5.74, 6) is 0.503. The molecule has 26 heavy (non-hydrogen) atoms. The highest BCUT2D eigenvalue weighted by molar-refractivity contribution is 6.33. The zero-order chi connectivity index (χ0) is 18.9. The van der Waals surface area contributed by atoms with E-state index in [4.69, 9.17) is 11.6 Å². The number of aromatic nitrogens is 3. The van der Waals surface area contributed by atoms with Crippen molar-refractivity contribution in [3.05, 3.63) is 63.8 Å². The molecule has 0 radical (unpaired) electrons. The van der Waals surface area contributed by atoms with Crippen molar-refractivity contribution >= 4 is 17.4 Å². The molecule has 0 unspecified atom stereocenters. The Labute approximate surface area is 150 Å². The van der Waals surface area contributed by atoms with Crippen LogP contribution in [0.3, 0.4) is 0 Å². The minimum atomic E-state index is -4.66. The summed E-state index contributed by atoms with van der Waals surface area (Å²) in [6.45, 7) is 0. The van der Waals surface area contributed by atoms with E-state index in [1.807, 2.05) is 0 Å². The van der Waals surface area contributed by atoms with Crippen LogP contribution in [0.25, 0.3) is 22.4 Å². The molecule has 9 heteroatoms. The Morgan fingerprint density at radius 1 is 1.15 bits per heavy atom. The Morgan fingerprint density at radius 2 is 1.92 bits per heavy atom. The monoisotopic (exact) mass is 380 g/mol. The first-order valence-corrected chi connectivity index (χ1v) is 7.78. The third-order valence-electron chi connectivity index (χ3n) is 3.63. The van der Waals surface area contributed by atoms with E-state index >= 15 is 0 Å². The van der Waals surface area contributed by atoms with E-state index in [0.717, 1.165) is 6.20 Å². The number of alkyl halides is 3. The average molecular weight is 381 g/mol. The lowest BCUT2D eigenvalue weighted by Crippen LogP contribution is -2.12. The quantitative estimate of drug-likeness (QED) is 0.714. The topological polar surface area (TPSA) is 70.7 Å². The van der Waals surface area contributed by atoms with Gasteiger partial charge >= 0.3 is 6.18 Å². The van der Waals surface area contributed by atoms with E-state index in [0.29, 0.717) is 16.9 Å². The van der Waals surface area contributed by atoms with E-state index < -0.39 is 17.4 Å². The number of halogens is 4. The molecular formula is C17H12ClF3N4O. The van der Waals surface area contributed by atoms with Crippen molar-refractivity contribution in [2.24, 2.45) is 0 Å². The molecule has 0 saturated heterocycles. The molecule has 0 aliphatic heterocycles. The van der Waals surface area contributed by atoms with E-state index in [1.54, 1.807) is 13.1 Å². The lowest BCUT2D eigenvalue weighted by atomic mass is 10.0. The molecule has 3 heterocycles. The zero-order valence-corrected chi connectivity index (χ0v) is 14.1. The summed E-state index contributed by atoms with van der Waals surface area (Å²) in [7, 11) is 1.66. The van der Waals surface area contributed by atoms with Gasteiger partial charge in [0.25, 0.3) is 0 Å². The number of hydrogen-bond donors (Lipinski definition) is 2. The molecule has 5 nitrogen and oxygen atoms in total. The van der Waals surface area contributed by atoms with Gasteiger partial charge in [-0.3, -0.25) is 9.78 Å². The van der Waals surface area contributed by atoms with Crippen molar-refractivity contribution in [3.8, 4) is 22.4 Å². The first kappa shape index (κ1) is 17.9. The van der Waals surface area contributed by atoms with Gasteiger partial charge in [0, 0.05) is 36.6 Å². The molecule has 0 aromatic carbocycles. The highest BCUT2D eigenvalue weighted by atomic mass is 35.5. The molecule has 0 fully saturated rings. The maximum Gasteiger partial charge on any atom is 0.434 e. The van der Waals surface area contributed by atoms with Crippen molar-refractivity contribution in [2.75, 3.05) is 12.4 Å². The third kappa shape index (κ3) is 3.55. The van der Waals surface area contributed by atoms with Gasteiger partial charge < -0.3 is 10.3 Å². The van der Waals surface area contributed by atoms with Crippen LogP contribution < -0.4 is 10.9 Å². The van der Waals surface area contributed by atoms with Crippen molar-refractivity contribution < 1.29 is 13.2 Å². The fourth-order valence-corrected chi connectivity index (χ4v) is 2.70. The van der Waals surface area contributed by atoms with Crippen molar-refractivity contribution in [1.29, 1.82) is 0 Å². The SMILES string of the molecule is CNc1cc(-c2cc(-c3cccnc3C(F)(F)F)[nH]c(=O)c2)c(Cl)cn1. The minimum absolute atomic E-state index is 0.00758. The van der Waals surface area contributed by atoms with Crippen LogP contribution >= 0.6 is 11.6 Å². The van der Waals surface area contributed by atoms with Gasteiger partial charge in [0.15, 0.2) is 5.69 Å². The number of hydrogen-bond acceptors (Lipinski definition) is 4. The first-order chi connectivity index (χ1) is 12.3. The Kier molecular flexibility index (Phi) is 4.69. The second kappa shape index (κ2) is 6.80. The molecule has 2 N–H and O–H groups in total. The molecule has 0 aliphatic carbocycles. The molecule has 134 valence electrons. The van der Waals surface area contributed by atoms with Crippen LogP contribution in [0, 0.1) is 0 Å². The summed E-state index contributed by atoms with van der Waals surface area (Å²) in [6.07, 6.45) is -2.21. The summed E-state index contributed by atoms with van der Waals surface area (Å²) in [4.78, 5) is 21.9. The second-order valence-corrected chi connectivity index (χ2v) is 5.75. The number of nitrogens with zero attached hydrogens (tertiary/aromatic N) is 2. The Morgan fingerprint density at radius 3 is 2.62 bits per heavy atom. The van der Waals surface area contributed by atoms with Crippen LogP contribution in [0.4, 0.5) is 19.0 Å². The summed E-state index contributed by atoms with van der Waals surface area (Å²) in [5.41, 5.74) is -1.04. The predicted octanol–water partition coefficient (Wildman–Crippen LogP) is 4.21. The van der Waals surface area contributed by atoms with Gasteiger partial charge in [0.2, 0.25) is 5.56 Å². The van der Waals surface area contributed by atoms with Gasteiger partial charge in [0.1, 0.15) is 5.82 Å². The van der Waals surface area contributed by atoms with Gasteiger partial charge in [-0.1, -0.05) is 11.6 Å². The van der Waals surface area contributed by atoms with Gasteiger partial charge in [-0.2, -0.15) is 13.2 Å². The number of pyridine rings is 3. The molecule has 0 atom stereocenters. The normalized spacial score (nSPS) is 11.4. The standard InChI is InChI=1S/C17H12ClF3N4O/c1-22-14-7-11(12(18)8-24-14)9-5-13(25-15(26)6-9)10-3-2-4-23-16(10)17(19,20)21/h2-8H,1H3,(H,22,24)(H,25,26). The molecule has 0 amide bonds. The summed E-state index contributed by atoms with van der Waals surface area (Å²) >= 11 is 6.15. The van der Waals surface area contributed by atoms with E-state index in [-0.39, 0.29) is 16.3 Å². The number of nitrogens with one attached hydrogen (secondary N) is 2. The van der Waals surface area contributed by atoms with Crippen LogP contribution in [0.15, 0.2) is 47.5 Å². The Balaban J connectivity index is 2.22. The van der Waals surface area contributed by atoms with Crippen LogP contribution in [-0.2, 0) is 6.18 Å². The molecule has 3 aromatic rings. The highest BCUT2D eigenvalue weighted by Gasteiger charge is 2.35. The first-order valence-electron chi connectivity index (χ1n) is 7.40. The van der Waals surface area contributed by atoms with Gasteiger partial charge in [-0.15, -0.1) is 0 Å². The zero-order valence-electron chi connectivity index (χ0n) is 13.4. The smallest absolute Gasteiger partial charge is 0.373 e. The number of anilines is 1. The summed E-state index contributed by atoms with van der Waals surface area (Å²) in [6, 6.07) is 6.91. The van der Waals surface area contributed by atoms with Crippen LogP contribution in [0.5, 0.6) is 0 Å². The van der Waals surface area contributed by atoms with Gasteiger partial charge in [-0.25, -0.2) is 4.98 Å². The molecular weight excluding hydrogens is 369 g/mol. The molecule has 0 saturated carbocycles. The van der Waals surface area contributed by atoms with Crippen molar-refractivity contribution in [3.63, 3.8) is 0 Å². The lowest BCUT2D eigenvalue weighted by Gasteiger charge is -2.13. The predicted molar refractivity (Wildman–Crippen MR) is 93.1 cm³/mol. The van der Waals surface area contributed by atoms with Crippen LogP contribution in [0.1, 0.15) is 5.69 Å².